The van der Waals surface area contributed by atoms with Crippen LogP contribution >= 0.6 is 0 Å². The molecule has 5 nitrogen and oxygen atoms in total. The van der Waals surface area contributed by atoms with Crippen LogP contribution in [0.15, 0.2) is 29.3 Å². The lowest BCUT2D eigenvalue weighted by molar-refractivity contribution is 0.774. The first-order chi connectivity index (χ1) is 6.27. The molecule has 0 spiro atoms. The van der Waals surface area contributed by atoms with Gasteiger partial charge in [-0.25, -0.2) is 14.6 Å². The second-order valence-corrected chi connectivity index (χ2v) is 2.65. The van der Waals surface area contributed by atoms with Crippen molar-refractivity contribution in [2.24, 2.45) is 0 Å². The van der Waals surface area contributed by atoms with Gasteiger partial charge in [-0.2, -0.15) is 0 Å². The Labute approximate surface area is 74.1 Å². The van der Waals surface area contributed by atoms with Crippen molar-refractivity contribution in [2.45, 2.75) is 6.92 Å². The molecule has 0 unspecified atom stereocenters. The predicted molar refractivity (Wildman–Crippen MR) is 46.7 cm³/mol. The van der Waals surface area contributed by atoms with Gasteiger partial charge < -0.3 is 0 Å². The highest BCUT2D eigenvalue weighted by atomic mass is 16.1. The summed E-state index contributed by atoms with van der Waals surface area (Å²) in [5.41, 5.74) is 0.640. The standard InChI is InChI=1S/C8H8N4O/c1-6-5-7(13)11-12(6)8-9-3-2-4-10-8/h2-5H,1H3,(H,11,13). The smallest absolute Gasteiger partial charge is 0.264 e. The summed E-state index contributed by atoms with van der Waals surface area (Å²) in [4.78, 5) is 19.0. The molecule has 0 aliphatic carbocycles. The SMILES string of the molecule is Cc1cc(=O)[nH]n1-c1ncccn1. The predicted octanol–water partition coefficient (Wildman–Crippen LogP) is 0.264. The number of rotatable bonds is 1. The maximum Gasteiger partial charge on any atom is 0.264 e. The Morgan fingerprint density at radius 3 is 2.62 bits per heavy atom. The van der Waals surface area contributed by atoms with Crippen molar-refractivity contribution in [1.82, 2.24) is 19.7 Å². The molecule has 0 aliphatic heterocycles. The number of H-pyrrole nitrogens is 1. The third kappa shape index (κ3) is 1.35. The second kappa shape index (κ2) is 2.85. The highest BCUT2D eigenvalue weighted by Gasteiger charge is 2.02. The largest absolute Gasteiger partial charge is 0.268 e. The molecule has 0 atom stereocenters. The van der Waals surface area contributed by atoms with E-state index in [1.807, 2.05) is 6.92 Å². The molecule has 0 saturated carbocycles. The van der Waals surface area contributed by atoms with E-state index in [4.69, 9.17) is 0 Å². The van der Waals surface area contributed by atoms with Crippen molar-refractivity contribution >= 4 is 0 Å². The van der Waals surface area contributed by atoms with Crippen molar-refractivity contribution in [2.75, 3.05) is 0 Å². The highest BCUT2D eigenvalue weighted by Crippen LogP contribution is 1.98. The minimum atomic E-state index is -0.148. The summed E-state index contributed by atoms with van der Waals surface area (Å²) in [6.45, 7) is 1.81. The lowest BCUT2D eigenvalue weighted by Gasteiger charge is -2.00. The number of aromatic nitrogens is 4. The molecule has 0 amide bonds. The third-order valence-corrected chi connectivity index (χ3v) is 1.67. The third-order valence-electron chi connectivity index (χ3n) is 1.67. The first-order valence-electron chi connectivity index (χ1n) is 3.83. The number of nitrogens with one attached hydrogen (secondary N) is 1. The molecule has 2 aromatic heterocycles. The van der Waals surface area contributed by atoms with Crippen LogP contribution in [-0.2, 0) is 0 Å². The summed E-state index contributed by atoms with van der Waals surface area (Å²) < 4.78 is 1.54. The molecule has 66 valence electrons. The van der Waals surface area contributed by atoms with E-state index in [0.29, 0.717) is 5.95 Å². The van der Waals surface area contributed by atoms with E-state index >= 15 is 0 Å². The highest BCUT2D eigenvalue weighted by molar-refractivity contribution is 5.13. The van der Waals surface area contributed by atoms with Gasteiger partial charge in [-0.05, 0) is 13.0 Å². The van der Waals surface area contributed by atoms with Crippen molar-refractivity contribution < 1.29 is 0 Å². The minimum absolute atomic E-state index is 0.148. The van der Waals surface area contributed by atoms with E-state index in [9.17, 15) is 4.79 Å². The number of hydrogen-bond acceptors (Lipinski definition) is 3. The summed E-state index contributed by atoms with van der Waals surface area (Å²) >= 11 is 0. The Kier molecular flexibility index (Phi) is 1.70. The fourth-order valence-corrected chi connectivity index (χ4v) is 1.10. The zero-order chi connectivity index (χ0) is 9.26. The molecule has 0 bridgehead atoms. The molecule has 2 rings (SSSR count). The molecule has 2 heterocycles. The van der Waals surface area contributed by atoms with Gasteiger partial charge in [-0.3, -0.25) is 9.89 Å². The summed E-state index contributed by atoms with van der Waals surface area (Å²) in [6.07, 6.45) is 3.25. The summed E-state index contributed by atoms with van der Waals surface area (Å²) in [6, 6.07) is 3.22. The van der Waals surface area contributed by atoms with Crippen LogP contribution in [0.1, 0.15) is 5.69 Å². The van der Waals surface area contributed by atoms with Crippen LogP contribution in [0.5, 0.6) is 0 Å². The van der Waals surface area contributed by atoms with Crippen LogP contribution in [0.4, 0.5) is 0 Å². The molecule has 1 N–H and O–H groups in total. The first kappa shape index (κ1) is 7.72. The van der Waals surface area contributed by atoms with Gasteiger partial charge in [0.15, 0.2) is 0 Å². The topological polar surface area (TPSA) is 63.6 Å². The van der Waals surface area contributed by atoms with Gasteiger partial charge in [0.2, 0.25) is 5.95 Å². The molecule has 0 fully saturated rings. The van der Waals surface area contributed by atoms with Crippen molar-refractivity contribution in [3.05, 3.63) is 40.6 Å². The van der Waals surface area contributed by atoms with Crippen molar-refractivity contribution in [3.8, 4) is 5.95 Å². The maximum absolute atomic E-state index is 11.0. The zero-order valence-electron chi connectivity index (χ0n) is 7.06. The van der Waals surface area contributed by atoms with Crippen molar-refractivity contribution in [3.63, 3.8) is 0 Å². The molecule has 13 heavy (non-hydrogen) atoms. The van der Waals surface area contributed by atoms with E-state index in [-0.39, 0.29) is 5.56 Å². The molecular formula is C8H8N4O. The average Bonchev–Trinajstić information content (AvgIpc) is 2.47. The lowest BCUT2D eigenvalue weighted by atomic mass is 10.5. The Morgan fingerprint density at radius 2 is 2.08 bits per heavy atom. The first-order valence-corrected chi connectivity index (χ1v) is 3.83. The van der Waals surface area contributed by atoms with Gasteiger partial charge in [-0.15, -0.1) is 0 Å². The van der Waals surface area contributed by atoms with Crippen LogP contribution in [0, 0.1) is 6.92 Å². The number of aromatic amines is 1. The van der Waals surface area contributed by atoms with Gasteiger partial charge in [0.05, 0.1) is 0 Å². The normalized spacial score (nSPS) is 10.2. The van der Waals surface area contributed by atoms with Gasteiger partial charge in [-0.1, -0.05) is 0 Å². The number of hydrogen-bond donors (Lipinski definition) is 1. The zero-order valence-corrected chi connectivity index (χ0v) is 7.06. The van der Waals surface area contributed by atoms with Crippen LogP contribution in [0.3, 0.4) is 0 Å². The van der Waals surface area contributed by atoms with Crippen LogP contribution in [-0.4, -0.2) is 19.7 Å². The summed E-state index contributed by atoms with van der Waals surface area (Å²) in [7, 11) is 0. The fourth-order valence-electron chi connectivity index (χ4n) is 1.10. The van der Waals surface area contributed by atoms with Gasteiger partial charge in [0, 0.05) is 24.2 Å². The molecule has 0 aromatic carbocycles. The fraction of sp³-hybridized carbons (Fsp3) is 0.125. The monoisotopic (exact) mass is 176 g/mol. The van der Waals surface area contributed by atoms with Crippen LogP contribution < -0.4 is 5.56 Å². The Balaban J connectivity index is 2.59. The number of nitrogens with zero attached hydrogens (tertiary/aromatic N) is 3. The average molecular weight is 176 g/mol. The second-order valence-electron chi connectivity index (χ2n) is 2.65. The molecule has 2 aromatic rings. The molecule has 0 aliphatic rings. The van der Waals surface area contributed by atoms with Gasteiger partial charge in [0.1, 0.15) is 0 Å². The van der Waals surface area contributed by atoms with Crippen LogP contribution in [0.25, 0.3) is 5.95 Å². The van der Waals surface area contributed by atoms with E-state index in [1.165, 1.54) is 6.07 Å². The van der Waals surface area contributed by atoms with E-state index < -0.39 is 0 Å². The number of aryl methyl sites for hydroxylation is 1. The lowest BCUT2D eigenvalue weighted by Crippen LogP contribution is -2.07. The molecular weight excluding hydrogens is 168 g/mol. The van der Waals surface area contributed by atoms with Gasteiger partial charge in [0.25, 0.3) is 5.56 Å². The molecule has 5 heteroatoms. The minimum Gasteiger partial charge on any atom is -0.268 e. The quantitative estimate of drug-likeness (QED) is 0.678. The van der Waals surface area contributed by atoms with E-state index in [2.05, 4.69) is 15.1 Å². The maximum atomic E-state index is 11.0. The Morgan fingerprint density at radius 1 is 1.38 bits per heavy atom. The van der Waals surface area contributed by atoms with Crippen LogP contribution in [0.2, 0.25) is 0 Å². The van der Waals surface area contributed by atoms with Crippen molar-refractivity contribution in [1.29, 1.82) is 0 Å². The van der Waals surface area contributed by atoms with Gasteiger partial charge >= 0.3 is 0 Å². The molecule has 0 radical (unpaired) electrons. The van der Waals surface area contributed by atoms with E-state index in [0.717, 1.165) is 5.69 Å². The summed E-state index contributed by atoms with van der Waals surface area (Å²) in [5, 5.41) is 2.60. The molecule has 0 saturated heterocycles. The Bertz CT molecular complexity index is 456. The Hall–Kier alpha value is -1.91. The van der Waals surface area contributed by atoms with E-state index in [1.54, 1.807) is 23.1 Å². The summed E-state index contributed by atoms with van der Waals surface area (Å²) in [5.74, 6) is 0.474.